The molecule has 2 N–H and O–H groups in total. The highest BCUT2D eigenvalue weighted by Crippen LogP contribution is 2.12. The highest BCUT2D eigenvalue weighted by atomic mass is 32.1. The lowest BCUT2D eigenvalue weighted by Crippen LogP contribution is -2.31. The topological polar surface area (TPSA) is 92.9 Å². The lowest BCUT2D eigenvalue weighted by molar-refractivity contribution is 0.0943. The summed E-state index contributed by atoms with van der Waals surface area (Å²) in [7, 11) is 1.85. The largest absolute Gasteiger partial charge is 0.396 e. The second kappa shape index (κ2) is 7.28. The van der Waals surface area contributed by atoms with Crippen LogP contribution in [0.15, 0.2) is 12.4 Å². The summed E-state index contributed by atoms with van der Waals surface area (Å²) in [5, 5.41) is 20.3. The average Bonchev–Trinajstić information content (AvgIpc) is 3.11. The molecule has 0 aliphatic heterocycles. The molecule has 0 radical (unpaired) electrons. The van der Waals surface area contributed by atoms with E-state index in [1.54, 1.807) is 10.9 Å². The van der Waals surface area contributed by atoms with Gasteiger partial charge in [-0.3, -0.25) is 9.48 Å². The van der Waals surface area contributed by atoms with Crippen LogP contribution in [0.5, 0.6) is 0 Å². The van der Waals surface area contributed by atoms with E-state index in [0.717, 1.165) is 17.1 Å². The first-order chi connectivity index (χ1) is 10.1. The summed E-state index contributed by atoms with van der Waals surface area (Å²) in [5.74, 6) is -0.212. The molecule has 1 atom stereocenters. The molecular formula is C13H19N5O2S. The van der Waals surface area contributed by atoms with Crippen LogP contribution in [0.4, 0.5) is 0 Å². The van der Waals surface area contributed by atoms with E-state index in [4.69, 9.17) is 0 Å². The second-order valence-electron chi connectivity index (χ2n) is 4.89. The van der Waals surface area contributed by atoms with Gasteiger partial charge in [-0.15, -0.1) is 5.10 Å². The lowest BCUT2D eigenvalue weighted by Gasteiger charge is -2.13. The number of aromatic nitrogens is 4. The zero-order valence-corrected chi connectivity index (χ0v) is 12.9. The van der Waals surface area contributed by atoms with Crippen LogP contribution in [0.25, 0.3) is 0 Å². The number of aliphatic hydroxyl groups excluding tert-OH is 1. The number of hydrogen-bond donors (Lipinski definition) is 2. The zero-order chi connectivity index (χ0) is 15.2. The molecule has 114 valence electrons. The lowest BCUT2D eigenvalue weighted by atomic mass is 10.0. The first kappa shape index (κ1) is 15.6. The van der Waals surface area contributed by atoms with Gasteiger partial charge in [0.05, 0.1) is 11.9 Å². The van der Waals surface area contributed by atoms with Crippen LogP contribution in [0.2, 0.25) is 0 Å². The van der Waals surface area contributed by atoms with Crippen molar-refractivity contribution in [2.75, 3.05) is 13.2 Å². The maximum absolute atomic E-state index is 12.1. The van der Waals surface area contributed by atoms with Gasteiger partial charge in [0.25, 0.3) is 5.91 Å². The Morgan fingerprint density at radius 2 is 2.38 bits per heavy atom. The quantitative estimate of drug-likeness (QED) is 0.773. The molecule has 0 aromatic carbocycles. The predicted octanol–water partition coefficient (Wildman–Crippen LogP) is 0.415. The fourth-order valence-electron chi connectivity index (χ4n) is 2.04. The van der Waals surface area contributed by atoms with E-state index in [9.17, 15) is 9.90 Å². The van der Waals surface area contributed by atoms with Gasteiger partial charge < -0.3 is 10.4 Å². The molecule has 2 rings (SSSR count). The van der Waals surface area contributed by atoms with Crippen LogP contribution in [0.3, 0.4) is 0 Å². The van der Waals surface area contributed by atoms with Gasteiger partial charge in [-0.1, -0.05) is 11.4 Å². The first-order valence-electron chi connectivity index (χ1n) is 6.81. The number of nitrogens with one attached hydrogen (secondary N) is 1. The Hall–Kier alpha value is -1.80. The standard InChI is InChI=1S/C13H19N5O2S/c1-3-11-12(21-17-16-11)13(20)14-5-10(8-19)4-9-6-15-18(2)7-9/h6-7,10,19H,3-5,8H2,1-2H3,(H,14,20). The fourth-order valence-corrected chi connectivity index (χ4v) is 2.71. The van der Waals surface area contributed by atoms with Gasteiger partial charge in [0, 0.05) is 32.3 Å². The van der Waals surface area contributed by atoms with Crippen LogP contribution in [0, 0.1) is 5.92 Å². The van der Waals surface area contributed by atoms with E-state index in [1.807, 2.05) is 20.2 Å². The summed E-state index contributed by atoms with van der Waals surface area (Å²) in [6.45, 7) is 2.36. The summed E-state index contributed by atoms with van der Waals surface area (Å²) >= 11 is 1.10. The summed E-state index contributed by atoms with van der Waals surface area (Å²) in [6.07, 6.45) is 5.03. The van der Waals surface area contributed by atoms with Gasteiger partial charge in [-0.2, -0.15) is 5.10 Å². The van der Waals surface area contributed by atoms with E-state index in [1.165, 1.54) is 0 Å². The molecule has 2 aromatic rings. The van der Waals surface area contributed by atoms with Gasteiger partial charge in [0.1, 0.15) is 4.88 Å². The van der Waals surface area contributed by atoms with Crippen molar-refractivity contribution in [1.82, 2.24) is 24.7 Å². The van der Waals surface area contributed by atoms with E-state index in [2.05, 4.69) is 20.0 Å². The number of aliphatic hydroxyl groups is 1. The third kappa shape index (κ3) is 4.08. The van der Waals surface area contributed by atoms with Crippen molar-refractivity contribution in [3.8, 4) is 0 Å². The average molecular weight is 309 g/mol. The van der Waals surface area contributed by atoms with Crippen LogP contribution < -0.4 is 5.32 Å². The molecule has 0 fully saturated rings. The van der Waals surface area contributed by atoms with E-state index in [-0.39, 0.29) is 18.4 Å². The molecule has 2 aromatic heterocycles. The molecule has 0 aliphatic carbocycles. The molecule has 1 unspecified atom stereocenters. The minimum Gasteiger partial charge on any atom is -0.396 e. The fraction of sp³-hybridized carbons (Fsp3) is 0.538. The Balaban J connectivity index is 1.89. The molecule has 0 spiro atoms. The number of hydrogen-bond acceptors (Lipinski definition) is 6. The maximum atomic E-state index is 12.1. The van der Waals surface area contributed by atoms with Crippen molar-refractivity contribution in [2.45, 2.75) is 19.8 Å². The number of carbonyl (C=O) groups excluding carboxylic acids is 1. The van der Waals surface area contributed by atoms with Gasteiger partial charge in [-0.05, 0) is 29.9 Å². The van der Waals surface area contributed by atoms with Crippen molar-refractivity contribution in [2.24, 2.45) is 13.0 Å². The van der Waals surface area contributed by atoms with Crippen molar-refractivity contribution in [3.05, 3.63) is 28.5 Å². The normalized spacial score (nSPS) is 12.3. The minimum atomic E-state index is -0.175. The molecule has 0 saturated carbocycles. The molecule has 0 saturated heterocycles. The molecule has 8 heteroatoms. The van der Waals surface area contributed by atoms with Gasteiger partial charge in [0.15, 0.2) is 0 Å². The Kier molecular flexibility index (Phi) is 5.40. The SMILES string of the molecule is CCc1nnsc1C(=O)NCC(CO)Cc1cnn(C)c1. The Labute approximate surface area is 127 Å². The molecule has 21 heavy (non-hydrogen) atoms. The molecule has 0 bridgehead atoms. The predicted molar refractivity (Wildman–Crippen MR) is 79.1 cm³/mol. The number of carbonyl (C=O) groups is 1. The third-order valence-corrected chi connectivity index (χ3v) is 3.96. The summed E-state index contributed by atoms with van der Waals surface area (Å²) in [6, 6.07) is 0. The third-order valence-electron chi connectivity index (χ3n) is 3.19. The summed E-state index contributed by atoms with van der Waals surface area (Å²) in [5.41, 5.74) is 1.75. The van der Waals surface area contributed by atoms with Crippen LogP contribution in [0.1, 0.15) is 27.9 Å². The molecule has 2 heterocycles. The minimum absolute atomic E-state index is 0.0107. The maximum Gasteiger partial charge on any atom is 0.264 e. The van der Waals surface area contributed by atoms with Gasteiger partial charge in [-0.25, -0.2) is 0 Å². The molecule has 0 aliphatic rings. The van der Waals surface area contributed by atoms with E-state index >= 15 is 0 Å². The number of aryl methyl sites for hydroxylation is 2. The second-order valence-corrected chi connectivity index (χ2v) is 5.64. The Bertz CT molecular complexity index is 595. The van der Waals surface area contributed by atoms with Gasteiger partial charge in [0.2, 0.25) is 0 Å². The summed E-state index contributed by atoms with van der Waals surface area (Å²) < 4.78 is 5.52. The molecule has 1 amide bonds. The van der Waals surface area contributed by atoms with Crippen LogP contribution in [-0.2, 0) is 19.9 Å². The zero-order valence-electron chi connectivity index (χ0n) is 12.1. The van der Waals surface area contributed by atoms with Crippen molar-refractivity contribution >= 4 is 17.4 Å². The van der Waals surface area contributed by atoms with Crippen molar-refractivity contribution < 1.29 is 9.90 Å². The Morgan fingerprint density at radius 3 is 3.00 bits per heavy atom. The highest BCUT2D eigenvalue weighted by Gasteiger charge is 2.17. The summed E-state index contributed by atoms with van der Waals surface area (Å²) in [4.78, 5) is 12.6. The monoisotopic (exact) mass is 309 g/mol. The molecular weight excluding hydrogens is 290 g/mol. The van der Waals surface area contributed by atoms with Crippen LogP contribution >= 0.6 is 11.5 Å². The van der Waals surface area contributed by atoms with Crippen LogP contribution in [-0.4, -0.2) is 43.5 Å². The number of rotatable bonds is 7. The van der Waals surface area contributed by atoms with Crippen molar-refractivity contribution in [1.29, 1.82) is 0 Å². The highest BCUT2D eigenvalue weighted by molar-refractivity contribution is 7.08. The number of nitrogens with zero attached hydrogens (tertiary/aromatic N) is 4. The smallest absolute Gasteiger partial charge is 0.264 e. The molecule has 7 nitrogen and oxygen atoms in total. The van der Waals surface area contributed by atoms with Crippen molar-refractivity contribution in [3.63, 3.8) is 0 Å². The number of amides is 1. The Morgan fingerprint density at radius 1 is 1.57 bits per heavy atom. The van der Waals surface area contributed by atoms with Gasteiger partial charge >= 0.3 is 0 Å². The van der Waals surface area contributed by atoms with E-state index in [0.29, 0.717) is 30.0 Å². The first-order valence-corrected chi connectivity index (χ1v) is 7.59. The van der Waals surface area contributed by atoms with E-state index < -0.39 is 0 Å².